The van der Waals surface area contributed by atoms with Gasteiger partial charge in [0.05, 0.1) is 0 Å². The number of allylic oxidation sites excluding steroid dienone is 2. The van der Waals surface area contributed by atoms with Gasteiger partial charge in [-0.05, 0) is 49.0 Å². The summed E-state index contributed by atoms with van der Waals surface area (Å²) in [5.41, 5.74) is 6.71. The summed E-state index contributed by atoms with van der Waals surface area (Å²) in [7, 11) is 0. The van der Waals surface area contributed by atoms with Crippen molar-refractivity contribution >= 4 is 22.5 Å². The molecule has 3 aromatic rings. The van der Waals surface area contributed by atoms with Crippen LogP contribution in [0.2, 0.25) is 0 Å². The van der Waals surface area contributed by atoms with Crippen molar-refractivity contribution in [1.82, 2.24) is 9.97 Å². The average molecular weight is 364 g/mol. The van der Waals surface area contributed by atoms with Crippen molar-refractivity contribution in [2.45, 2.75) is 33.3 Å². The molecule has 0 atom stereocenters. The van der Waals surface area contributed by atoms with E-state index in [9.17, 15) is 4.79 Å². The minimum absolute atomic E-state index is 0.146. The highest BCUT2D eigenvalue weighted by molar-refractivity contribution is 7.09. The molecule has 0 unspecified atom stereocenters. The second kappa shape index (κ2) is 6.92. The summed E-state index contributed by atoms with van der Waals surface area (Å²) < 4.78 is 5.83. The maximum absolute atomic E-state index is 12.2. The van der Waals surface area contributed by atoms with Gasteiger partial charge in [0, 0.05) is 28.9 Å². The average Bonchev–Trinajstić information content (AvgIpc) is 3.05. The van der Waals surface area contributed by atoms with Crippen molar-refractivity contribution < 1.29 is 4.74 Å². The number of benzene rings is 1. The van der Waals surface area contributed by atoms with E-state index in [1.165, 1.54) is 28.3 Å². The van der Waals surface area contributed by atoms with Gasteiger partial charge in [-0.2, -0.15) is 0 Å². The van der Waals surface area contributed by atoms with Crippen LogP contribution in [0.1, 0.15) is 40.9 Å². The third-order valence-corrected chi connectivity index (χ3v) is 5.63. The molecule has 4 nitrogen and oxygen atoms in total. The number of pyridine rings is 1. The summed E-state index contributed by atoms with van der Waals surface area (Å²) in [6, 6.07) is 11.9. The Bertz CT molecular complexity index is 1050. The smallest absolute Gasteiger partial charge is 0.252 e. The fourth-order valence-corrected chi connectivity index (χ4v) is 4.11. The molecule has 26 heavy (non-hydrogen) atoms. The first-order valence-electron chi connectivity index (χ1n) is 8.67. The lowest BCUT2D eigenvalue weighted by molar-refractivity contribution is 0.304. The summed E-state index contributed by atoms with van der Waals surface area (Å²) in [5, 5.41) is 2.90. The van der Waals surface area contributed by atoms with Gasteiger partial charge in [0.1, 0.15) is 17.4 Å². The molecule has 2 heterocycles. The maximum atomic E-state index is 12.2. The normalized spacial score (nSPS) is 13.6. The van der Waals surface area contributed by atoms with E-state index in [-0.39, 0.29) is 5.56 Å². The fraction of sp³-hybridized carbons (Fsp3) is 0.238. The quantitative estimate of drug-likeness (QED) is 0.736. The predicted octanol–water partition coefficient (Wildman–Crippen LogP) is 4.60. The molecule has 0 bridgehead atoms. The number of aromatic nitrogens is 2. The van der Waals surface area contributed by atoms with Gasteiger partial charge in [0.25, 0.3) is 5.56 Å². The zero-order valence-electron chi connectivity index (χ0n) is 14.8. The Labute approximate surface area is 156 Å². The summed E-state index contributed by atoms with van der Waals surface area (Å²) in [6.45, 7) is 4.46. The second-order valence-corrected chi connectivity index (χ2v) is 7.47. The Morgan fingerprint density at radius 3 is 2.85 bits per heavy atom. The number of ether oxygens (including phenoxy) is 1. The molecule has 1 aliphatic carbocycles. The van der Waals surface area contributed by atoms with Crippen LogP contribution in [0, 0.1) is 6.92 Å². The molecule has 0 radical (unpaired) electrons. The van der Waals surface area contributed by atoms with E-state index in [2.05, 4.69) is 41.2 Å². The number of H-pyrrole nitrogens is 1. The van der Waals surface area contributed by atoms with Crippen LogP contribution in [-0.4, -0.2) is 9.97 Å². The number of hydrogen-bond donors (Lipinski definition) is 1. The third-order valence-electron chi connectivity index (χ3n) is 4.69. The molecular weight excluding hydrogens is 344 g/mol. The highest BCUT2D eigenvalue weighted by Gasteiger charge is 2.18. The van der Waals surface area contributed by atoms with Crippen molar-refractivity contribution in [2.24, 2.45) is 0 Å². The SMILES string of the molecule is CC1=C(c2cc(OCc3nc(C)cs3)cc(=O)[nH]2)CCc2ccccc21. The number of aromatic amines is 1. The molecule has 0 aliphatic heterocycles. The minimum Gasteiger partial charge on any atom is -0.486 e. The van der Waals surface area contributed by atoms with Gasteiger partial charge in [0.2, 0.25) is 0 Å². The standard InChI is InChI=1S/C21H20N2O2S/c1-13-12-26-21(22-13)11-25-16-9-19(23-20(24)10-16)18-8-7-15-5-3-4-6-17(15)14(18)2/h3-6,9-10,12H,7-8,11H2,1-2H3,(H,23,24). The molecule has 0 saturated carbocycles. The van der Waals surface area contributed by atoms with Crippen LogP contribution in [0.3, 0.4) is 0 Å². The van der Waals surface area contributed by atoms with E-state index in [4.69, 9.17) is 4.74 Å². The topological polar surface area (TPSA) is 55.0 Å². The van der Waals surface area contributed by atoms with Crippen LogP contribution in [0.4, 0.5) is 0 Å². The number of rotatable bonds is 4. The third kappa shape index (κ3) is 3.35. The molecule has 132 valence electrons. The Hall–Kier alpha value is -2.66. The lowest BCUT2D eigenvalue weighted by Crippen LogP contribution is -2.11. The van der Waals surface area contributed by atoms with Gasteiger partial charge in [0.15, 0.2) is 0 Å². The summed E-state index contributed by atoms with van der Waals surface area (Å²) >= 11 is 1.57. The van der Waals surface area contributed by atoms with E-state index < -0.39 is 0 Å². The van der Waals surface area contributed by atoms with Crippen LogP contribution in [0.5, 0.6) is 5.75 Å². The Morgan fingerprint density at radius 1 is 1.19 bits per heavy atom. The van der Waals surface area contributed by atoms with Crippen LogP contribution < -0.4 is 10.3 Å². The van der Waals surface area contributed by atoms with Gasteiger partial charge < -0.3 is 9.72 Å². The fourth-order valence-electron chi connectivity index (χ4n) is 3.43. The van der Waals surface area contributed by atoms with Gasteiger partial charge in [-0.15, -0.1) is 11.3 Å². The minimum atomic E-state index is -0.146. The predicted molar refractivity (Wildman–Crippen MR) is 105 cm³/mol. The molecule has 0 spiro atoms. The highest BCUT2D eigenvalue weighted by Crippen LogP contribution is 2.36. The van der Waals surface area contributed by atoms with Crippen molar-refractivity contribution in [3.8, 4) is 5.75 Å². The number of nitrogens with one attached hydrogen (secondary N) is 1. The second-order valence-electron chi connectivity index (χ2n) is 6.53. The number of fused-ring (bicyclic) bond motifs is 1. The monoisotopic (exact) mass is 364 g/mol. The van der Waals surface area contributed by atoms with Gasteiger partial charge in [-0.3, -0.25) is 4.79 Å². The number of hydrogen-bond acceptors (Lipinski definition) is 4. The first-order chi connectivity index (χ1) is 12.6. The Morgan fingerprint density at radius 2 is 2.04 bits per heavy atom. The molecule has 5 heteroatoms. The summed E-state index contributed by atoms with van der Waals surface area (Å²) in [4.78, 5) is 19.5. The molecule has 1 aromatic carbocycles. The molecule has 0 fully saturated rings. The highest BCUT2D eigenvalue weighted by atomic mass is 32.1. The van der Waals surface area contributed by atoms with E-state index in [0.29, 0.717) is 12.4 Å². The Kier molecular flexibility index (Phi) is 4.47. The van der Waals surface area contributed by atoms with Crippen LogP contribution in [0.25, 0.3) is 11.1 Å². The van der Waals surface area contributed by atoms with Crippen LogP contribution in [-0.2, 0) is 13.0 Å². The van der Waals surface area contributed by atoms with Crippen LogP contribution in [0.15, 0.2) is 46.6 Å². The van der Waals surface area contributed by atoms with Crippen molar-refractivity contribution in [1.29, 1.82) is 0 Å². The van der Waals surface area contributed by atoms with Crippen molar-refractivity contribution in [2.75, 3.05) is 0 Å². The first-order valence-corrected chi connectivity index (χ1v) is 9.55. The molecular formula is C21H20N2O2S. The Balaban J connectivity index is 1.65. The maximum Gasteiger partial charge on any atom is 0.252 e. The molecule has 2 aromatic heterocycles. The zero-order valence-corrected chi connectivity index (χ0v) is 15.7. The number of nitrogens with zero attached hydrogens (tertiary/aromatic N) is 1. The van der Waals surface area contributed by atoms with Crippen molar-refractivity contribution in [3.05, 3.63) is 79.7 Å². The summed E-state index contributed by atoms with van der Waals surface area (Å²) in [6.07, 6.45) is 1.89. The number of aryl methyl sites for hydroxylation is 2. The van der Waals surface area contributed by atoms with Gasteiger partial charge >= 0.3 is 0 Å². The van der Waals surface area contributed by atoms with E-state index >= 15 is 0 Å². The van der Waals surface area contributed by atoms with Gasteiger partial charge in [-0.1, -0.05) is 24.3 Å². The van der Waals surface area contributed by atoms with E-state index in [0.717, 1.165) is 29.2 Å². The molecule has 0 amide bonds. The van der Waals surface area contributed by atoms with E-state index in [1.807, 2.05) is 18.4 Å². The van der Waals surface area contributed by atoms with E-state index in [1.54, 1.807) is 11.3 Å². The molecule has 1 aliphatic rings. The number of thiazole rings is 1. The molecule has 4 rings (SSSR count). The lowest BCUT2D eigenvalue weighted by atomic mass is 9.85. The largest absolute Gasteiger partial charge is 0.486 e. The molecule has 0 saturated heterocycles. The van der Waals surface area contributed by atoms with Crippen molar-refractivity contribution in [3.63, 3.8) is 0 Å². The molecule has 1 N–H and O–H groups in total. The lowest BCUT2D eigenvalue weighted by Gasteiger charge is -2.21. The summed E-state index contributed by atoms with van der Waals surface area (Å²) in [5.74, 6) is 0.579. The first kappa shape index (κ1) is 16.8. The van der Waals surface area contributed by atoms with Crippen LogP contribution >= 0.6 is 11.3 Å². The zero-order chi connectivity index (χ0) is 18.1. The van der Waals surface area contributed by atoms with Gasteiger partial charge in [-0.25, -0.2) is 4.98 Å².